The molecule has 4 atom stereocenters. The van der Waals surface area contributed by atoms with E-state index in [2.05, 4.69) is 10.6 Å². The maximum Gasteiger partial charge on any atom is 0.267 e. The van der Waals surface area contributed by atoms with E-state index in [0.717, 1.165) is 21.6 Å². The van der Waals surface area contributed by atoms with E-state index in [-0.39, 0.29) is 24.8 Å². The van der Waals surface area contributed by atoms with E-state index in [9.17, 15) is 28.3 Å². The van der Waals surface area contributed by atoms with Crippen LogP contribution in [0.15, 0.2) is 54.6 Å². The molecule has 1 saturated heterocycles. The van der Waals surface area contributed by atoms with Crippen LogP contribution in [0.4, 0.5) is 8.78 Å². The molecule has 0 radical (unpaired) electrons. The van der Waals surface area contributed by atoms with Crippen LogP contribution < -0.4 is 10.6 Å². The van der Waals surface area contributed by atoms with Gasteiger partial charge >= 0.3 is 0 Å². The fraction of sp³-hybridized carbons (Fsp3) is 0.464. The SMILES string of the molecule is CC[C@H](C)C(=O)N[C@@H](Cc1ccccc1)[C@H](O)C(=O)N1CC(F)(F)C[C@H]1C(=O)NCc1ccccc1C. The molecule has 2 aromatic rings. The van der Waals surface area contributed by atoms with Crippen molar-refractivity contribution in [3.8, 4) is 0 Å². The molecule has 3 N–H and O–H groups in total. The lowest BCUT2D eigenvalue weighted by Gasteiger charge is -2.30. The number of aliphatic hydroxyl groups is 1. The van der Waals surface area contributed by atoms with Crippen LogP contribution in [0.25, 0.3) is 0 Å². The summed E-state index contributed by atoms with van der Waals surface area (Å²) in [6.45, 7) is 4.57. The zero-order valence-electron chi connectivity index (χ0n) is 21.4. The number of hydrogen-bond acceptors (Lipinski definition) is 4. The number of rotatable bonds is 10. The summed E-state index contributed by atoms with van der Waals surface area (Å²) in [4.78, 5) is 39.6. The minimum absolute atomic E-state index is 0.115. The third kappa shape index (κ3) is 7.35. The molecule has 0 bridgehead atoms. The number of alkyl halides is 2. The van der Waals surface area contributed by atoms with Crippen molar-refractivity contribution in [2.75, 3.05) is 6.54 Å². The normalized spacial score (nSPS) is 19.1. The number of carbonyl (C=O) groups is 3. The summed E-state index contributed by atoms with van der Waals surface area (Å²) >= 11 is 0. The third-order valence-electron chi connectivity index (χ3n) is 6.89. The minimum atomic E-state index is -3.28. The van der Waals surface area contributed by atoms with Gasteiger partial charge in [-0.3, -0.25) is 14.4 Å². The number of halogens is 2. The lowest BCUT2D eigenvalue weighted by molar-refractivity contribution is -0.147. The zero-order chi connectivity index (χ0) is 27.2. The Hall–Kier alpha value is -3.33. The van der Waals surface area contributed by atoms with Crippen molar-refractivity contribution in [1.29, 1.82) is 0 Å². The highest BCUT2D eigenvalue weighted by Crippen LogP contribution is 2.33. The standard InChI is InChI=1S/C28H35F2N3O4/c1-4-18(2)25(35)32-22(14-20-11-6-5-7-12-20)24(34)27(37)33-17-28(29,30)15-23(33)26(36)31-16-21-13-9-8-10-19(21)3/h5-13,18,22-24,34H,4,14-17H2,1-3H3,(H,31,36)(H,32,35)/t18-,22-,23-,24-/m0/s1. The van der Waals surface area contributed by atoms with Gasteiger partial charge in [-0.2, -0.15) is 0 Å². The summed E-state index contributed by atoms with van der Waals surface area (Å²) in [6.07, 6.45) is -1.98. The van der Waals surface area contributed by atoms with Gasteiger partial charge in [0.25, 0.3) is 11.8 Å². The summed E-state index contributed by atoms with van der Waals surface area (Å²) in [5.74, 6) is -5.73. The van der Waals surface area contributed by atoms with Gasteiger partial charge in [0.1, 0.15) is 6.04 Å². The first-order valence-corrected chi connectivity index (χ1v) is 12.5. The molecule has 1 fully saturated rings. The highest BCUT2D eigenvalue weighted by atomic mass is 19.3. The second kappa shape index (κ2) is 12.3. The van der Waals surface area contributed by atoms with Crippen LogP contribution in [0.5, 0.6) is 0 Å². The van der Waals surface area contributed by atoms with Gasteiger partial charge in [-0.25, -0.2) is 8.78 Å². The van der Waals surface area contributed by atoms with Crippen LogP contribution in [0.3, 0.4) is 0 Å². The van der Waals surface area contributed by atoms with Gasteiger partial charge in [0.15, 0.2) is 6.10 Å². The summed E-state index contributed by atoms with van der Waals surface area (Å²) in [5, 5.41) is 16.4. The van der Waals surface area contributed by atoms with Crippen LogP contribution in [-0.2, 0) is 27.3 Å². The Morgan fingerprint density at radius 1 is 1.11 bits per heavy atom. The molecule has 200 valence electrons. The summed E-state index contributed by atoms with van der Waals surface area (Å²) < 4.78 is 28.9. The fourth-order valence-corrected chi connectivity index (χ4v) is 4.35. The van der Waals surface area contributed by atoms with Gasteiger partial charge in [-0.05, 0) is 36.5 Å². The Morgan fingerprint density at radius 3 is 2.41 bits per heavy atom. The minimum Gasteiger partial charge on any atom is -0.381 e. The second-order valence-corrected chi connectivity index (χ2v) is 9.75. The summed E-state index contributed by atoms with van der Waals surface area (Å²) in [5.41, 5.74) is 2.51. The quantitative estimate of drug-likeness (QED) is 0.453. The highest BCUT2D eigenvalue weighted by molar-refractivity contribution is 5.91. The smallest absolute Gasteiger partial charge is 0.267 e. The predicted octanol–water partition coefficient (Wildman–Crippen LogP) is 2.98. The Balaban J connectivity index is 1.78. The van der Waals surface area contributed by atoms with Gasteiger partial charge < -0.3 is 20.6 Å². The number of hydrogen-bond donors (Lipinski definition) is 3. The molecule has 9 heteroatoms. The van der Waals surface area contributed by atoms with E-state index in [0.29, 0.717) is 6.42 Å². The number of nitrogens with one attached hydrogen (secondary N) is 2. The van der Waals surface area contributed by atoms with Crippen LogP contribution >= 0.6 is 0 Å². The van der Waals surface area contributed by atoms with Crippen molar-refractivity contribution in [3.63, 3.8) is 0 Å². The molecule has 37 heavy (non-hydrogen) atoms. The number of likely N-dealkylation sites (tertiary alicyclic amines) is 1. The zero-order valence-corrected chi connectivity index (χ0v) is 21.4. The molecular weight excluding hydrogens is 480 g/mol. The molecule has 2 aromatic carbocycles. The molecule has 3 amide bonds. The van der Waals surface area contributed by atoms with Gasteiger partial charge in [-0.1, -0.05) is 68.4 Å². The molecule has 0 unspecified atom stereocenters. The van der Waals surface area contributed by atoms with Gasteiger partial charge in [0.2, 0.25) is 11.8 Å². The number of nitrogens with zero attached hydrogens (tertiary/aromatic N) is 1. The molecule has 0 spiro atoms. The van der Waals surface area contributed by atoms with E-state index < -0.39 is 48.9 Å². The Kier molecular flexibility index (Phi) is 9.37. The van der Waals surface area contributed by atoms with E-state index in [1.54, 1.807) is 31.2 Å². The van der Waals surface area contributed by atoms with E-state index in [4.69, 9.17) is 0 Å². The van der Waals surface area contributed by atoms with Crippen LogP contribution in [0.1, 0.15) is 43.4 Å². The number of benzene rings is 2. The summed E-state index contributed by atoms with van der Waals surface area (Å²) in [7, 11) is 0. The first kappa shape index (κ1) is 28.2. The van der Waals surface area contributed by atoms with Crippen LogP contribution in [0.2, 0.25) is 0 Å². The Bertz CT molecular complexity index is 1100. The monoisotopic (exact) mass is 515 g/mol. The van der Waals surface area contributed by atoms with Crippen molar-refractivity contribution in [2.24, 2.45) is 5.92 Å². The first-order chi connectivity index (χ1) is 17.5. The highest BCUT2D eigenvalue weighted by Gasteiger charge is 2.51. The molecule has 1 aliphatic rings. The number of amides is 3. The lowest BCUT2D eigenvalue weighted by Crippen LogP contribution is -2.56. The van der Waals surface area contributed by atoms with Gasteiger partial charge in [-0.15, -0.1) is 0 Å². The maximum absolute atomic E-state index is 14.4. The molecular formula is C28H35F2N3O4. The van der Waals surface area contributed by atoms with Gasteiger partial charge in [0.05, 0.1) is 12.6 Å². The third-order valence-corrected chi connectivity index (χ3v) is 6.89. The maximum atomic E-state index is 14.4. The molecule has 1 aliphatic heterocycles. The summed E-state index contributed by atoms with van der Waals surface area (Å²) in [6, 6.07) is 13.8. The van der Waals surface area contributed by atoms with Crippen molar-refractivity contribution in [2.45, 2.75) is 70.7 Å². The fourth-order valence-electron chi connectivity index (χ4n) is 4.35. The van der Waals surface area contributed by atoms with Crippen LogP contribution in [0, 0.1) is 12.8 Å². The molecule has 1 heterocycles. The first-order valence-electron chi connectivity index (χ1n) is 12.5. The topological polar surface area (TPSA) is 98.7 Å². The number of aryl methyl sites for hydroxylation is 1. The molecule has 0 saturated carbocycles. The van der Waals surface area contributed by atoms with Gasteiger partial charge in [0, 0.05) is 18.9 Å². The van der Waals surface area contributed by atoms with Crippen molar-refractivity contribution in [3.05, 3.63) is 71.3 Å². The van der Waals surface area contributed by atoms with Crippen molar-refractivity contribution in [1.82, 2.24) is 15.5 Å². The van der Waals surface area contributed by atoms with Crippen LogP contribution in [-0.4, -0.2) is 58.4 Å². The van der Waals surface area contributed by atoms with Crippen molar-refractivity contribution < 1.29 is 28.3 Å². The van der Waals surface area contributed by atoms with E-state index in [1.807, 2.05) is 44.2 Å². The largest absolute Gasteiger partial charge is 0.381 e. The molecule has 3 rings (SSSR count). The molecule has 7 nitrogen and oxygen atoms in total. The predicted molar refractivity (Wildman–Crippen MR) is 136 cm³/mol. The Labute approximate surface area is 216 Å². The number of carbonyl (C=O) groups excluding carboxylic acids is 3. The molecule has 0 aromatic heterocycles. The Morgan fingerprint density at radius 2 is 1.76 bits per heavy atom. The average molecular weight is 516 g/mol. The lowest BCUT2D eigenvalue weighted by atomic mass is 9.98. The van der Waals surface area contributed by atoms with E-state index >= 15 is 0 Å². The average Bonchev–Trinajstić information content (AvgIpc) is 3.22. The van der Waals surface area contributed by atoms with E-state index in [1.165, 1.54) is 0 Å². The number of aliphatic hydroxyl groups excluding tert-OH is 1. The second-order valence-electron chi connectivity index (χ2n) is 9.75. The van der Waals surface area contributed by atoms with Crippen molar-refractivity contribution >= 4 is 17.7 Å². The molecule has 0 aliphatic carbocycles.